The summed E-state index contributed by atoms with van der Waals surface area (Å²) in [4.78, 5) is 23.7. The molecule has 0 atom stereocenters. The van der Waals surface area contributed by atoms with Crippen molar-refractivity contribution in [2.75, 3.05) is 0 Å². The SMILES string of the molecule is [Ir+3].[Pt+2].[c-]1cc(-c2ccccc2-c2cc(-c3ccccc3-c3c[c-]c(-c4ccccn4)cc3)cc(-c3ccccc3-c3c[c-]c(-c4ccccn4)cc3)c2)c(C2(c3[c-]c(-c4ccccn4)ccc3)c3ccccc3-c3ccccc32)[c-]c1-c1ncccn1. The van der Waals surface area contributed by atoms with Crippen molar-refractivity contribution in [3.05, 3.63) is 344 Å². The van der Waals surface area contributed by atoms with Crippen molar-refractivity contribution in [1.82, 2.24) is 24.9 Å². The fourth-order valence-electron chi connectivity index (χ4n) is 12.4. The van der Waals surface area contributed by atoms with Crippen LogP contribution in [0.4, 0.5) is 0 Å². The number of fused-ring (bicyclic) bond motifs is 3. The standard InChI is InChI=1S/C80H48N5.Ir.Pt/c1-3-23-66(64(21-1)54-34-38-56(39-35-54)76-31-11-14-44-81-76)60-49-61(67-24-4-2-22-65(67)55-36-40-57(41-37-55)77-32-12-15-45-82-77)51-62(50-60)68-25-5-6-26-69(68)72-43-42-59(79-84-47-18-48-85-79)53-75(72)80(63-20-17-19-58(52-63)78-33-13-16-46-83-78)73-29-9-7-27-70(73)71-28-8-10-30-74(71)80;;/h1-38,40,43-51H;;/q-5;+3;+2. The Kier molecular flexibility index (Phi) is 15.9. The summed E-state index contributed by atoms with van der Waals surface area (Å²) >= 11 is 0. The van der Waals surface area contributed by atoms with Crippen LogP contribution in [-0.4, -0.2) is 24.9 Å². The Morgan fingerprint density at radius 1 is 0.287 bits per heavy atom. The molecule has 0 spiro atoms. The van der Waals surface area contributed by atoms with Crippen molar-refractivity contribution < 1.29 is 41.2 Å². The minimum absolute atomic E-state index is 0. The molecule has 7 heteroatoms. The molecule has 1 aliphatic rings. The van der Waals surface area contributed by atoms with Gasteiger partial charge in [0.1, 0.15) is 0 Å². The Balaban J connectivity index is 0.00000350. The second-order valence-corrected chi connectivity index (χ2v) is 21.0. The molecular weight excluding hydrogens is 1420 g/mol. The van der Waals surface area contributed by atoms with E-state index in [0.717, 1.165) is 134 Å². The molecule has 0 fully saturated rings. The second-order valence-electron chi connectivity index (χ2n) is 21.0. The first-order valence-corrected chi connectivity index (χ1v) is 28.4. The van der Waals surface area contributed by atoms with Crippen molar-refractivity contribution in [1.29, 1.82) is 0 Å². The average Bonchev–Trinajstić information content (AvgIpc) is 1.60. The Hall–Kier alpha value is -9.93. The Morgan fingerprint density at radius 2 is 0.701 bits per heavy atom. The first kappa shape index (κ1) is 56.2. The molecule has 0 saturated heterocycles. The van der Waals surface area contributed by atoms with E-state index in [1.54, 1.807) is 12.4 Å². The van der Waals surface area contributed by atoms with Crippen LogP contribution < -0.4 is 0 Å². The maximum absolute atomic E-state index is 4.83. The van der Waals surface area contributed by atoms with E-state index in [1.165, 1.54) is 0 Å². The van der Waals surface area contributed by atoms with Gasteiger partial charge in [0.2, 0.25) is 0 Å². The number of rotatable bonds is 12. The van der Waals surface area contributed by atoms with Gasteiger partial charge < -0.3 is 24.9 Å². The van der Waals surface area contributed by atoms with E-state index in [-0.39, 0.29) is 41.2 Å². The quantitative estimate of drug-likeness (QED) is 0.114. The van der Waals surface area contributed by atoms with E-state index < -0.39 is 5.41 Å². The van der Waals surface area contributed by atoms with Gasteiger partial charge in [-0.1, -0.05) is 186 Å². The molecule has 87 heavy (non-hydrogen) atoms. The molecule has 0 amide bonds. The van der Waals surface area contributed by atoms with Gasteiger partial charge in [-0.05, 0) is 121 Å². The van der Waals surface area contributed by atoms with Gasteiger partial charge >= 0.3 is 41.2 Å². The Bertz CT molecular complexity index is 4560. The third-order valence-electron chi connectivity index (χ3n) is 16.2. The number of benzene rings is 10. The van der Waals surface area contributed by atoms with Crippen LogP contribution in [0.3, 0.4) is 0 Å². The van der Waals surface area contributed by atoms with Gasteiger partial charge in [0.25, 0.3) is 0 Å². The zero-order valence-electron chi connectivity index (χ0n) is 46.6. The molecule has 0 N–H and O–H groups in total. The number of nitrogens with zero attached hydrogens (tertiary/aromatic N) is 5. The van der Waals surface area contributed by atoms with Crippen molar-refractivity contribution in [3.63, 3.8) is 0 Å². The number of hydrogen-bond donors (Lipinski definition) is 0. The van der Waals surface area contributed by atoms with Crippen LogP contribution in [0.2, 0.25) is 0 Å². The smallest absolute Gasteiger partial charge is 0.333 e. The summed E-state index contributed by atoms with van der Waals surface area (Å²) in [5.41, 5.74) is 24.1. The van der Waals surface area contributed by atoms with Gasteiger partial charge in [-0.15, -0.1) is 95.1 Å². The zero-order chi connectivity index (χ0) is 56.5. The van der Waals surface area contributed by atoms with Crippen LogP contribution >= 0.6 is 0 Å². The second kappa shape index (κ2) is 24.6. The summed E-state index contributed by atoms with van der Waals surface area (Å²) in [5, 5.41) is 0. The van der Waals surface area contributed by atoms with Crippen LogP contribution in [0.25, 0.3) is 123 Å². The van der Waals surface area contributed by atoms with Crippen LogP contribution in [0, 0.1) is 30.3 Å². The largest absolute Gasteiger partial charge is 3.00 e. The van der Waals surface area contributed by atoms with E-state index in [4.69, 9.17) is 15.0 Å². The minimum Gasteiger partial charge on any atom is -0.333 e. The predicted octanol–water partition coefficient (Wildman–Crippen LogP) is 18.7. The molecular formula is C80H48IrN5Pt. The predicted molar refractivity (Wildman–Crippen MR) is 341 cm³/mol. The topological polar surface area (TPSA) is 64.5 Å². The normalized spacial score (nSPS) is 11.8. The molecule has 4 aromatic heterocycles. The molecule has 0 aliphatic heterocycles. The van der Waals surface area contributed by atoms with E-state index in [1.807, 2.05) is 79.3 Å². The Morgan fingerprint density at radius 3 is 1.16 bits per heavy atom. The number of aromatic nitrogens is 5. The molecule has 4 heterocycles. The van der Waals surface area contributed by atoms with Crippen LogP contribution in [0.1, 0.15) is 22.3 Å². The molecule has 1 aliphatic carbocycles. The summed E-state index contributed by atoms with van der Waals surface area (Å²) in [7, 11) is 0. The zero-order valence-corrected chi connectivity index (χ0v) is 51.3. The van der Waals surface area contributed by atoms with Crippen LogP contribution in [-0.2, 0) is 46.6 Å². The van der Waals surface area contributed by atoms with Gasteiger partial charge in [-0.3, -0.25) is 12.1 Å². The fraction of sp³-hybridized carbons (Fsp3) is 0.0125. The van der Waals surface area contributed by atoms with Crippen LogP contribution in [0.15, 0.2) is 292 Å². The first-order valence-electron chi connectivity index (χ1n) is 28.4. The molecule has 0 saturated carbocycles. The summed E-state index contributed by atoms with van der Waals surface area (Å²) in [6, 6.07) is 111. The molecule has 10 aromatic carbocycles. The third-order valence-corrected chi connectivity index (χ3v) is 16.2. The van der Waals surface area contributed by atoms with E-state index >= 15 is 0 Å². The van der Waals surface area contributed by atoms with Gasteiger partial charge in [-0.2, -0.15) is 11.1 Å². The first-order chi connectivity index (χ1) is 42.2. The van der Waals surface area contributed by atoms with E-state index in [0.29, 0.717) is 11.4 Å². The van der Waals surface area contributed by atoms with Gasteiger partial charge in [0, 0.05) is 36.4 Å². The van der Waals surface area contributed by atoms with Gasteiger partial charge in [0.05, 0.1) is 0 Å². The number of hydrogen-bond acceptors (Lipinski definition) is 5. The molecule has 14 aromatic rings. The molecule has 0 unspecified atom stereocenters. The summed E-state index contributed by atoms with van der Waals surface area (Å²) in [6.07, 6.45) is 9.03. The third kappa shape index (κ3) is 10.4. The maximum Gasteiger partial charge on any atom is 3.00 e. The molecule has 0 bridgehead atoms. The average molecular weight is 1470 g/mol. The monoisotopic (exact) mass is 1470 g/mol. The fourth-order valence-corrected chi connectivity index (χ4v) is 12.4. The van der Waals surface area contributed by atoms with Crippen LogP contribution in [0.5, 0.6) is 0 Å². The Labute approximate surface area is 534 Å². The number of pyridine rings is 3. The van der Waals surface area contributed by atoms with Gasteiger partial charge in [-0.25, -0.2) is 11.6 Å². The molecule has 0 radical (unpaired) electrons. The summed E-state index contributed by atoms with van der Waals surface area (Å²) in [5.74, 6) is 0.534. The van der Waals surface area contributed by atoms with Gasteiger partial charge in [0.15, 0.2) is 0 Å². The molecule has 15 rings (SSSR count). The maximum atomic E-state index is 4.83. The van der Waals surface area contributed by atoms with E-state index in [9.17, 15) is 0 Å². The van der Waals surface area contributed by atoms with Crippen molar-refractivity contribution in [3.8, 4) is 123 Å². The summed E-state index contributed by atoms with van der Waals surface area (Å²) < 4.78 is 0. The van der Waals surface area contributed by atoms with Crippen molar-refractivity contribution in [2.24, 2.45) is 0 Å². The van der Waals surface area contributed by atoms with Crippen molar-refractivity contribution >= 4 is 0 Å². The molecule has 5 nitrogen and oxygen atoms in total. The summed E-state index contributed by atoms with van der Waals surface area (Å²) in [6.45, 7) is 0. The van der Waals surface area contributed by atoms with E-state index in [2.05, 4.69) is 240 Å². The minimum atomic E-state index is -0.948. The molecule has 412 valence electrons. The van der Waals surface area contributed by atoms with Crippen molar-refractivity contribution in [2.45, 2.75) is 5.41 Å².